The average molecular weight is 403 g/mol. The van der Waals surface area contributed by atoms with E-state index in [0.717, 1.165) is 25.7 Å². The topological polar surface area (TPSA) is 49.4 Å². The van der Waals surface area contributed by atoms with E-state index in [1.54, 1.807) is 9.89 Å². The van der Waals surface area contributed by atoms with Crippen molar-refractivity contribution in [3.05, 3.63) is 11.1 Å². The van der Waals surface area contributed by atoms with Crippen molar-refractivity contribution in [1.82, 2.24) is 10.2 Å². The van der Waals surface area contributed by atoms with E-state index in [4.69, 9.17) is 0 Å². The zero-order valence-electron chi connectivity index (χ0n) is 14.4. The molecule has 1 unspecified atom stereocenters. The summed E-state index contributed by atoms with van der Waals surface area (Å²) in [5.74, 6) is -0.123. The number of thioether (sulfide) groups is 1. The summed E-state index contributed by atoms with van der Waals surface area (Å²) in [4.78, 5) is 28.7. The first-order valence-corrected chi connectivity index (χ1v) is 10.1. The summed E-state index contributed by atoms with van der Waals surface area (Å²) in [6.07, 6.45) is 6.98. The Balaban J connectivity index is 2.43. The standard InChI is InChI=1S/C17H27BrN2O2S/c1-12(2)19-15(22)14-17(9-6-5-7-10-17)23-16(3,4)20(14)13(21)8-11-18/h8,11-12,14H,5-7,9-10H2,1-4H3,(H,19,22)/b11-8+. The SMILES string of the molecule is CC(C)NC(=O)C1N(C(=O)/C=C/Br)C(C)(C)SC12CCCCC2. The second-order valence-corrected chi connectivity index (χ2v) is 9.79. The van der Waals surface area contributed by atoms with Crippen LogP contribution in [0, 0.1) is 0 Å². The molecule has 130 valence electrons. The molecule has 6 heteroatoms. The summed E-state index contributed by atoms with van der Waals surface area (Å²) >= 11 is 5.00. The molecule has 0 aromatic rings. The van der Waals surface area contributed by atoms with Gasteiger partial charge in [-0.2, -0.15) is 0 Å². The number of hydrogen-bond acceptors (Lipinski definition) is 3. The minimum atomic E-state index is -0.401. The number of halogens is 1. The number of carbonyl (C=O) groups is 2. The summed E-state index contributed by atoms with van der Waals surface area (Å²) in [7, 11) is 0. The Labute approximate surface area is 152 Å². The highest BCUT2D eigenvalue weighted by Crippen LogP contribution is 2.57. The lowest BCUT2D eigenvalue weighted by atomic mass is 9.81. The normalized spacial score (nSPS) is 26.2. The molecule has 1 aliphatic heterocycles. The van der Waals surface area contributed by atoms with Gasteiger partial charge in [0.15, 0.2) is 0 Å². The molecule has 2 rings (SSSR count). The van der Waals surface area contributed by atoms with Crippen LogP contribution in [0.5, 0.6) is 0 Å². The molecule has 2 aliphatic rings. The minimum absolute atomic E-state index is 0.0173. The lowest BCUT2D eigenvalue weighted by molar-refractivity contribution is -0.140. The van der Waals surface area contributed by atoms with E-state index in [2.05, 4.69) is 35.1 Å². The van der Waals surface area contributed by atoms with Gasteiger partial charge in [-0.05, 0) is 45.5 Å². The fraction of sp³-hybridized carbons (Fsp3) is 0.765. The maximum absolute atomic E-state index is 13.0. The van der Waals surface area contributed by atoms with Crippen LogP contribution < -0.4 is 5.32 Å². The Kier molecular flexibility index (Phi) is 5.88. The van der Waals surface area contributed by atoms with Gasteiger partial charge in [-0.3, -0.25) is 9.59 Å². The molecule has 1 atom stereocenters. The molecule has 1 aliphatic carbocycles. The van der Waals surface area contributed by atoms with Gasteiger partial charge in [0.05, 0.1) is 4.87 Å². The number of nitrogens with zero attached hydrogens (tertiary/aromatic N) is 1. The molecule has 2 amide bonds. The molecule has 1 spiro atoms. The maximum atomic E-state index is 13.0. The Hall–Kier alpha value is -0.490. The average Bonchev–Trinajstić information content (AvgIpc) is 2.66. The van der Waals surface area contributed by atoms with Crippen LogP contribution in [0.3, 0.4) is 0 Å². The lowest BCUT2D eigenvalue weighted by Crippen LogP contribution is -2.58. The van der Waals surface area contributed by atoms with E-state index in [9.17, 15) is 9.59 Å². The number of amides is 2. The predicted molar refractivity (Wildman–Crippen MR) is 99.5 cm³/mol. The first-order chi connectivity index (χ1) is 10.7. The van der Waals surface area contributed by atoms with Gasteiger partial charge >= 0.3 is 0 Å². The Morgan fingerprint density at radius 3 is 2.39 bits per heavy atom. The Morgan fingerprint density at radius 2 is 1.87 bits per heavy atom. The van der Waals surface area contributed by atoms with Crippen molar-refractivity contribution in [2.24, 2.45) is 0 Å². The molecule has 1 saturated heterocycles. The lowest BCUT2D eigenvalue weighted by Gasteiger charge is -2.39. The van der Waals surface area contributed by atoms with Crippen molar-refractivity contribution in [1.29, 1.82) is 0 Å². The molecular formula is C17H27BrN2O2S. The van der Waals surface area contributed by atoms with Gasteiger partial charge < -0.3 is 10.2 Å². The second-order valence-electron chi connectivity index (χ2n) is 7.24. The van der Waals surface area contributed by atoms with Gasteiger partial charge in [0.25, 0.3) is 0 Å². The van der Waals surface area contributed by atoms with E-state index in [-0.39, 0.29) is 27.5 Å². The molecule has 1 heterocycles. The highest BCUT2D eigenvalue weighted by Gasteiger charge is 2.60. The van der Waals surface area contributed by atoms with Gasteiger partial charge in [0.1, 0.15) is 6.04 Å². The van der Waals surface area contributed by atoms with Crippen LogP contribution >= 0.6 is 27.7 Å². The summed E-state index contributed by atoms with van der Waals surface area (Å²) in [6.45, 7) is 8.03. The molecule has 0 bridgehead atoms. The van der Waals surface area contributed by atoms with Crippen molar-refractivity contribution in [3.8, 4) is 0 Å². The van der Waals surface area contributed by atoms with Gasteiger partial charge in [-0.25, -0.2) is 0 Å². The van der Waals surface area contributed by atoms with Crippen LogP contribution in [-0.4, -0.2) is 38.4 Å². The molecule has 0 aromatic carbocycles. The van der Waals surface area contributed by atoms with E-state index >= 15 is 0 Å². The number of rotatable bonds is 3. The second kappa shape index (κ2) is 7.18. The van der Waals surface area contributed by atoms with Crippen molar-refractivity contribution < 1.29 is 9.59 Å². The quantitative estimate of drug-likeness (QED) is 0.730. The fourth-order valence-corrected chi connectivity index (χ4v) is 6.25. The fourth-order valence-electron chi connectivity index (χ4n) is 3.92. The minimum Gasteiger partial charge on any atom is -0.352 e. The van der Waals surface area contributed by atoms with E-state index < -0.39 is 6.04 Å². The van der Waals surface area contributed by atoms with Crippen LogP contribution in [0.1, 0.15) is 59.8 Å². The highest BCUT2D eigenvalue weighted by molar-refractivity contribution is 9.11. The first-order valence-electron chi connectivity index (χ1n) is 8.34. The van der Waals surface area contributed by atoms with E-state index in [1.807, 2.05) is 25.6 Å². The molecule has 0 radical (unpaired) electrons. The van der Waals surface area contributed by atoms with Gasteiger partial charge in [-0.1, -0.05) is 35.2 Å². The molecule has 23 heavy (non-hydrogen) atoms. The first kappa shape index (κ1) is 18.8. The largest absolute Gasteiger partial charge is 0.352 e. The van der Waals surface area contributed by atoms with Crippen molar-refractivity contribution in [2.75, 3.05) is 0 Å². The summed E-state index contributed by atoms with van der Waals surface area (Å²) < 4.78 is -0.156. The smallest absolute Gasteiger partial charge is 0.248 e. The third-order valence-electron chi connectivity index (χ3n) is 4.61. The zero-order valence-corrected chi connectivity index (χ0v) is 16.8. The maximum Gasteiger partial charge on any atom is 0.248 e. The van der Waals surface area contributed by atoms with Crippen molar-refractivity contribution >= 4 is 39.5 Å². The summed E-state index contributed by atoms with van der Waals surface area (Å²) in [5.41, 5.74) is 0. The Morgan fingerprint density at radius 1 is 1.26 bits per heavy atom. The monoisotopic (exact) mass is 402 g/mol. The Bertz CT molecular complexity index is 499. The molecule has 0 aromatic heterocycles. The van der Waals surface area contributed by atoms with Crippen LogP contribution in [0.25, 0.3) is 0 Å². The van der Waals surface area contributed by atoms with Crippen molar-refractivity contribution in [2.45, 2.75) is 81.5 Å². The van der Waals surface area contributed by atoms with Gasteiger partial charge in [-0.15, -0.1) is 11.8 Å². The highest BCUT2D eigenvalue weighted by atomic mass is 79.9. The van der Waals surface area contributed by atoms with E-state index in [1.165, 1.54) is 12.5 Å². The number of hydrogen-bond donors (Lipinski definition) is 1. The van der Waals surface area contributed by atoms with Crippen LogP contribution in [0.15, 0.2) is 11.1 Å². The molecule has 4 nitrogen and oxygen atoms in total. The van der Waals surface area contributed by atoms with Crippen molar-refractivity contribution in [3.63, 3.8) is 0 Å². The van der Waals surface area contributed by atoms with Gasteiger partial charge in [0, 0.05) is 16.9 Å². The summed E-state index contributed by atoms with van der Waals surface area (Å²) in [6, 6.07) is -0.332. The molecule has 1 N–H and O–H groups in total. The number of nitrogens with one attached hydrogen (secondary N) is 1. The van der Waals surface area contributed by atoms with Crippen LogP contribution in [0.4, 0.5) is 0 Å². The van der Waals surface area contributed by atoms with E-state index in [0.29, 0.717) is 0 Å². The predicted octanol–water partition coefficient (Wildman–Crippen LogP) is 3.80. The number of carbonyl (C=O) groups excluding carboxylic acids is 2. The van der Waals surface area contributed by atoms with Gasteiger partial charge in [0.2, 0.25) is 11.8 Å². The van der Waals surface area contributed by atoms with Crippen LogP contribution in [0.2, 0.25) is 0 Å². The molecule has 1 saturated carbocycles. The third-order valence-corrected chi connectivity index (χ3v) is 6.61. The summed E-state index contributed by atoms with van der Waals surface area (Å²) in [5, 5.41) is 3.04. The van der Waals surface area contributed by atoms with Crippen LogP contribution in [-0.2, 0) is 9.59 Å². The molecular weight excluding hydrogens is 376 g/mol. The third kappa shape index (κ3) is 3.78. The zero-order chi connectivity index (χ0) is 17.3. The molecule has 2 fully saturated rings.